The molecule has 7 rings (SSSR count). The standard InChI is InChI=1S/C34H32N4O3/c1-41-33-16-26(40)11-13-32(33)38(25-8-3-2-4-9-25)34-27-15-24(10-12-31(27)35-21-36-34)23-7-5-6-22(14-23)17-37-18-28-29(19-37)30(28)20-39/h2-16,21,28-30,39-40H,17-20H2,1H3. The average molecular weight is 545 g/mol. The third-order valence-corrected chi connectivity index (χ3v) is 8.57. The molecule has 7 nitrogen and oxygen atoms in total. The van der Waals surface area contributed by atoms with Crippen LogP contribution in [-0.2, 0) is 6.54 Å². The van der Waals surface area contributed by atoms with Crippen molar-refractivity contribution in [3.05, 3.63) is 103 Å². The van der Waals surface area contributed by atoms with Gasteiger partial charge in [-0.25, -0.2) is 9.97 Å². The zero-order valence-corrected chi connectivity index (χ0v) is 22.9. The lowest BCUT2D eigenvalue weighted by atomic mass is 10.0. The van der Waals surface area contributed by atoms with Crippen LogP contribution in [0.5, 0.6) is 11.5 Å². The summed E-state index contributed by atoms with van der Waals surface area (Å²) in [7, 11) is 1.60. The number of aliphatic hydroxyl groups excluding tert-OH is 1. The molecule has 2 fully saturated rings. The minimum Gasteiger partial charge on any atom is -0.508 e. The van der Waals surface area contributed by atoms with Crippen molar-refractivity contribution < 1.29 is 14.9 Å². The van der Waals surface area contributed by atoms with Gasteiger partial charge in [0.2, 0.25) is 0 Å². The second-order valence-corrected chi connectivity index (χ2v) is 11.0. The number of rotatable bonds is 8. The third kappa shape index (κ3) is 4.77. The summed E-state index contributed by atoms with van der Waals surface area (Å²) in [4.78, 5) is 13.9. The summed E-state index contributed by atoms with van der Waals surface area (Å²) in [6.45, 7) is 3.40. The van der Waals surface area contributed by atoms with Gasteiger partial charge >= 0.3 is 0 Å². The van der Waals surface area contributed by atoms with Gasteiger partial charge < -0.3 is 14.9 Å². The lowest BCUT2D eigenvalue weighted by molar-refractivity contribution is 0.217. The predicted octanol–water partition coefficient (Wildman–Crippen LogP) is 6.15. The molecule has 1 aliphatic carbocycles. The second-order valence-electron chi connectivity index (χ2n) is 11.0. The number of aromatic nitrogens is 2. The first-order chi connectivity index (χ1) is 20.1. The summed E-state index contributed by atoms with van der Waals surface area (Å²) in [6.07, 6.45) is 1.59. The van der Waals surface area contributed by atoms with E-state index in [0.29, 0.717) is 30.1 Å². The fraction of sp³-hybridized carbons (Fsp3) is 0.235. The Hall–Kier alpha value is -4.46. The van der Waals surface area contributed by atoms with Gasteiger partial charge in [0.1, 0.15) is 23.6 Å². The van der Waals surface area contributed by atoms with Crippen molar-refractivity contribution in [2.75, 3.05) is 31.7 Å². The van der Waals surface area contributed by atoms with Crippen LogP contribution >= 0.6 is 0 Å². The number of aromatic hydroxyl groups is 1. The molecule has 2 atom stereocenters. The van der Waals surface area contributed by atoms with Gasteiger partial charge in [-0.1, -0.05) is 42.5 Å². The van der Waals surface area contributed by atoms with E-state index in [9.17, 15) is 10.2 Å². The molecule has 2 heterocycles. The number of fused-ring (bicyclic) bond motifs is 2. The second kappa shape index (κ2) is 10.5. The number of phenolic OH excluding ortho intramolecular Hbond substituents is 1. The van der Waals surface area contributed by atoms with Crippen LogP contribution in [0.25, 0.3) is 22.0 Å². The fourth-order valence-corrected chi connectivity index (χ4v) is 6.45. The molecule has 2 aliphatic rings. The van der Waals surface area contributed by atoms with Crippen LogP contribution in [0.4, 0.5) is 17.2 Å². The van der Waals surface area contributed by atoms with Crippen LogP contribution in [-0.4, -0.2) is 51.9 Å². The minimum atomic E-state index is 0.132. The van der Waals surface area contributed by atoms with E-state index < -0.39 is 0 Å². The number of phenols is 1. The highest BCUT2D eigenvalue weighted by Crippen LogP contribution is 2.51. The number of aliphatic hydroxyl groups is 1. The highest BCUT2D eigenvalue weighted by Gasteiger charge is 2.54. The molecule has 41 heavy (non-hydrogen) atoms. The van der Waals surface area contributed by atoms with Crippen molar-refractivity contribution in [2.24, 2.45) is 17.8 Å². The van der Waals surface area contributed by atoms with Crippen LogP contribution in [0.3, 0.4) is 0 Å². The largest absolute Gasteiger partial charge is 0.508 e. The van der Waals surface area contributed by atoms with Crippen molar-refractivity contribution in [3.63, 3.8) is 0 Å². The van der Waals surface area contributed by atoms with E-state index in [1.807, 2.05) is 47.4 Å². The number of methoxy groups -OCH3 is 1. The number of ether oxygens (including phenoxy) is 1. The van der Waals surface area contributed by atoms with Crippen molar-refractivity contribution in [1.82, 2.24) is 14.9 Å². The summed E-state index contributed by atoms with van der Waals surface area (Å²) in [6, 6.07) is 30.2. The summed E-state index contributed by atoms with van der Waals surface area (Å²) in [5, 5.41) is 20.5. The Morgan fingerprint density at radius 3 is 2.46 bits per heavy atom. The van der Waals surface area contributed by atoms with E-state index >= 15 is 0 Å². The van der Waals surface area contributed by atoms with Gasteiger partial charge in [-0.15, -0.1) is 0 Å². The first-order valence-electron chi connectivity index (χ1n) is 14.0. The highest BCUT2D eigenvalue weighted by atomic mass is 16.5. The molecule has 1 aliphatic heterocycles. The number of likely N-dealkylation sites (tertiary alicyclic amines) is 1. The van der Waals surface area contributed by atoms with E-state index in [2.05, 4.69) is 46.3 Å². The molecular weight excluding hydrogens is 512 g/mol. The predicted molar refractivity (Wildman–Crippen MR) is 161 cm³/mol. The molecule has 1 saturated carbocycles. The summed E-state index contributed by atoms with van der Waals surface area (Å²) < 4.78 is 5.68. The van der Waals surface area contributed by atoms with Crippen LogP contribution in [0, 0.1) is 17.8 Å². The Morgan fingerprint density at radius 2 is 1.68 bits per heavy atom. The van der Waals surface area contributed by atoms with E-state index in [4.69, 9.17) is 9.72 Å². The van der Waals surface area contributed by atoms with Crippen molar-refractivity contribution in [3.8, 4) is 22.6 Å². The Labute approximate surface area is 239 Å². The highest BCUT2D eigenvalue weighted by molar-refractivity contribution is 5.97. The van der Waals surface area contributed by atoms with Crippen molar-refractivity contribution in [2.45, 2.75) is 6.54 Å². The van der Waals surface area contributed by atoms with Crippen molar-refractivity contribution in [1.29, 1.82) is 0 Å². The molecule has 7 heteroatoms. The molecule has 2 N–H and O–H groups in total. The molecule has 5 aromatic rings. The Kier molecular flexibility index (Phi) is 6.53. The average Bonchev–Trinajstić information content (AvgIpc) is 3.50. The first-order valence-corrected chi connectivity index (χ1v) is 14.0. The molecule has 206 valence electrons. The number of piperidine rings is 1. The fourth-order valence-electron chi connectivity index (χ4n) is 6.45. The van der Waals surface area contributed by atoms with Crippen LogP contribution in [0.1, 0.15) is 5.56 Å². The van der Waals surface area contributed by atoms with E-state index in [1.54, 1.807) is 25.6 Å². The van der Waals surface area contributed by atoms with E-state index in [1.165, 1.54) is 5.56 Å². The normalized spacial score (nSPS) is 19.7. The summed E-state index contributed by atoms with van der Waals surface area (Å²) in [5.41, 5.74) is 6.03. The Balaban J connectivity index is 1.27. The van der Waals surface area contributed by atoms with Gasteiger partial charge in [0.25, 0.3) is 0 Å². The van der Waals surface area contributed by atoms with Crippen molar-refractivity contribution >= 4 is 28.1 Å². The SMILES string of the molecule is COc1cc(O)ccc1N(c1ccccc1)c1ncnc2ccc(-c3cccc(CN4CC5C(CO)C5C4)c3)cc12. The van der Waals surface area contributed by atoms with Gasteiger partial charge in [0.05, 0.1) is 18.3 Å². The Bertz CT molecular complexity index is 1700. The lowest BCUT2D eigenvalue weighted by Crippen LogP contribution is -2.24. The zero-order valence-electron chi connectivity index (χ0n) is 22.9. The van der Waals surface area contributed by atoms with Crippen LogP contribution in [0.15, 0.2) is 97.3 Å². The first kappa shape index (κ1) is 25.5. The van der Waals surface area contributed by atoms with Gasteiger partial charge in [-0.3, -0.25) is 9.80 Å². The molecular formula is C34H32N4O3. The maximum Gasteiger partial charge on any atom is 0.149 e. The van der Waals surface area contributed by atoms with Gasteiger partial charge in [0, 0.05) is 43.4 Å². The summed E-state index contributed by atoms with van der Waals surface area (Å²) in [5.74, 6) is 3.24. The van der Waals surface area contributed by atoms with E-state index in [0.717, 1.165) is 58.9 Å². The number of hydrogen-bond donors (Lipinski definition) is 2. The molecule has 0 amide bonds. The molecule has 0 spiro atoms. The van der Waals surface area contributed by atoms with Crippen LogP contribution < -0.4 is 9.64 Å². The van der Waals surface area contributed by atoms with Gasteiger partial charge in [-0.05, 0) is 76.9 Å². The number of nitrogens with zero attached hydrogens (tertiary/aromatic N) is 4. The molecule has 0 radical (unpaired) electrons. The summed E-state index contributed by atoms with van der Waals surface area (Å²) >= 11 is 0. The zero-order chi connectivity index (χ0) is 27.9. The van der Waals surface area contributed by atoms with Crippen LogP contribution in [0.2, 0.25) is 0 Å². The smallest absolute Gasteiger partial charge is 0.149 e. The maximum absolute atomic E-state index is 10.1. The quantitative estimate of drug-likeness (QED) is 0.242. The van der Waals surface area contributed by atoms with E-state index in [-0.39, 0.29) is 5.75 Å². The number of anilines is 3. The molecule has 0 bridgehead atoms. The molecule has 2 unspecified atom stereocenters. The number of benzene rings is 4. The molecule has 1 saturated heterocycles. The maximum atomic E-state index is 10.1. The number of hydrogen-bond acceptors (Lipinski definition) is 7. The molecule has 1 aromatic heterocycles. The Morgan fingerprint density at radius 1 is 0.878 bits per heavy atom. The number of para-hydroxylation sites is 1. The monoisotopic (exact) mass is 544 g/mol. The van der Waals surface area contributed by atoms with Gasteiger partial charge in [-0.2, -0.15) is 0 Å². The topological polar surface area (TPSA) is 82.0 Å². The molecule has 4 aromatic carbocycles. The van der Waals surface area contributed by atoms with Gasteiger partial charge in [0.15, 0.2) is 0 Å². The lowest BCUT2D eigenvalue weighted by Gasteiger charge is -2.27. The minimum absolute atomic E-state index is 0.132. The third-order valence-electron chi connectivity index (χ3n) is 8.57.